The number of thiophene rings is 1. The van der Waals surface area contributed by atoms with Gasteiger partial charge in [-0.05, 0) is 35.1 Å². The van der Waals surface area contributed by atoms with Gasteiger partial charge < -0.3 is 0 Å². The Morgan fingerprint density at radius 1 is 1.50 bits per heavy atom. The van der Waals surface area contributed by atoms with Crippen LogP contribution in [0.5, 0.6) is 0 Å². The normalized spacial score (nSPS) is 10.7. The molecule has 1 aromatic carbocycles. The van der Waals surface area contributed by atoms with Gasteiger partial charge in [0.25, 0.3) is 5.69 Å². The van der Waals surface area contributed by atoms with Gasteiger partial charge in [0.05, 0.1) is 10.3 Å². The molecular weight excluding hydrogens is 313 g/mol. The van der Waals surface area contributed by atoms with Gasteiger partial charge in [-0.3, -0.25) is 10.1 Å². The lowest BCUT2D eigenvalue weighted by Crippen LogP contribution is -1.89. The van der Waals surface area contributed by atoms with Crippen LogP contribution in [0.15, 0.2) is 17.5 Å². The maximum absolute atomic E-state index is 10.8. The van der Waals surface area contributed by atoms with E-state index < -0.39 is 0 Å². The van der Waals surface area contributed by atoms with Crippen molar-refractivity contribution < 1.29 is 4.92 Å². The second-order valence-electron chi connectivity index (χ2n) is 2.95. The Labute approximate surface area is 98.0 Å². The Morgan fingerprint density at radius 3 is 2.86 bits per heavy atom. The summed E-state index contributed by atoms with van der Waals surface area (Å²) in [5, 5.41) is 13.5. The van der Waals surface area contributed by atoms with Gasteiger partial charge in [-0.2, -0.15) is 0 Å². The van der Waals surface area contributed by atoms with Crippen molar-refractivity contribution in [3.05, 3.63) is 36.8 Å². The van der Waals surface area contributed by atoms with Crippen LogP contribution < -0.4 is 0 Å². The van der Waals surface area contributed by atoms with Crippen molar-refractivity contribution in [2.75, 3.05) is 0 Å². The van der Waals surface area contributed by atoms with Crippen molar-refractivity contribution in [3.8, 4) is 0 Å². The van der Waals surface area contributed by atoms with Gasteiger partial charge in [-0.25, -0.2) is 0 Å². The van der Waals surface area contributed by atoms with E-state index in [1.807, 2.05) is 12.3 Å². The van der Waals surface area contributed by atoms with Gasteiger partial charge in [0.2, 0.25) is 0 Å². The second kappa shape index (κ2) is 3.47. The molecule has 0 unspecified atom stereocenters. The summed E-state index contributed by atoms with van der Waals surface area (Å²) in [5.41, 5.74) is 1.30. The molecule has 1 heterocycles. The lowest BCUT2D eigenvalue weighted by Gasteiger charge is -1.97. The minimum absolute atomic E-state index is 0.205. The first-order valence-electron chi connectivity index (χ1n) is 3.92. The van der Waals surface area contributed by atoms with Gasteiger partial charge in [-0.15, -0.1) is 11.3 Å². The summed E-state index contributed by atoms with van der Waals surface area (Å²) in [5.74, 6) is 0. The Kier molecular flexibility index (Phi) is 2.44. The van der Waals surface area contributed by atoms with Gasteiger partial charge >= 0.3 is 0 Å². The molecule has 0 aliphatic rings. The van der Waals surface area contributed by atoms with Crippen LogP contribution in [0.4, 0.5) is 5.69 Å². The SMILES string of the molecule is Cc1ccc([N+](=O)[O-])c2c(I)csc12. The van der Waals surface area contributed by atoms with Gasteiger partial charge in [0.1, 0.15) is 0 Å². The topological polar surface area (TPSA) is 43.1 Å². The van der Waals surface area contributed by atoms with Crippen molar-refractivity contribution >= 4 is 49.7 Å². The highest BCUT2D eigenvalue weighted by atomic mass is 127. The number of rotatable bonds is 1. The largest absolute Gasteiger partial charge is 0.279 e. The fraction of sp³-hybridized carbons (Fsp3) is 0.111. The Hall–Kier alpha value is -0.690. The van der Waals surface area contributed by atoms with Crippen molar-refractivity contribution in [3.63, 3.8) is 0 Å². The van der Waals surface area contributed by atoms with Crippen LogP contribution in [0.3, 0.4) is 0 Å². The van der Waals surface area contributed by atoms with Gasteiger partial charge in [-0.1, -0.05) is 6.07 Å². The van der Waals surface area contributed by atoms with Crippen LogP contribution in [0.2, 0.25) is 0 Å². The average Bonchev–Trinajstić information content (AvgIpc) is 2.50. The van der Waals surface area contributed by atoms with E-state index >= 15 is 0 Å². The molecule has 0 N–H and O–H groups in total. The number of hydrogen-bond acceptors (Lipinski definition) is 3. The zero-order valence-corrected chi connectivity index (χ0v) is 10.3. The molecular formula is C9H6INO2S. The quantitative estimate of drug-likeness (QED) is 0.457. The van der Waals surface area contributed by atoms with E-state index in [9.17, 15) is 10.1 Å². The summed E-state index contributed by atoms with van der Waals surface area (Å²) in [6.07, 6.45) is 0. The number of aryl methyl sites for hydroxylation is 1. The number of nitro benzene ring substituents is 1. The third-order valence-electron chi connectivity index (χ3n) is 2.05. The van der Waals surface area contributed by atoms with Crippen LogP contribution in [0.25, 0.3) is 10.1 Å². The van der Waals surface area contributed by atoms with Crippen molar-refractivity contribution in [2.24, 2.45) is 0 Å². The van der Waals surface area contributed by atoms with Crippen molar-refractivity contribution in [2.45, 2.75) is 6.92 Å². The predicted molar refractivity (Wildman–Crippen MR) is 65.9 cm³/mol. The Bertz CT molecular complexity index is 521. The summed E-state index contributed by atoms with van der Waals surface area (Å²) < 4.78 is 1.97. The first-order valence-corrected chi connectivity index (χ1v) is 5.88. The zero-order chi connectivity index (χ0) is 10.3. The maximum Gasteiger partial charge on any atom is 0.279 e. The van der Waals surface area contributed by atoms with Gasteiger partial charge in [0, 0.05) is 19.7 Å². The van der Waals surface area contributed by atoms with E-state index in [1.54, 1.807) is 23.5 Å². The summed E-state index contributed by atoms with van der Waals surface area (Å²) in [7, 11) is 0. The summed E-state index contributed by atoms with van der Waals surface area (Å²) >= 11 is 3.70. The highest BCUT2D eigenvalue weighted by Crippen LogP contribution is 2.36. The first kappa shape index (κ1) is 9.85. The molecule has 14 heavy (non-hydrogen) atoms. The first-order chi connectivity index (χ1) is 6.61. The number of nitrogens with zero attached hydrogens (tertiary/aromatic N) is 1. The van der Waals surface area contributed by atoms with E-state index in [2.05, 4.69) is 22.6 Å². The molecule has 0 aliphatic carbocycles. The predicted octanol–water partition coefficient (Wildman–Crippen LogP) is 3.72. The fourth-order valence-electron chi connectivity index (χ4n) is 1.38. The maximum atomic E-state index is 10.8. The van der Waals surface area contributed by atoms with Crippen LogP contribution >= 0.6 is 33.9 Å². The van der Waals surface area contributed by atoms with Crippen molar-refractivity contribution in [1.82, 2.24) is 0 Å². The molecule has 0 aliphatic heterocycles. The average molecular weight is 319 g/mol. The van der Waals surface area contributed by atoms with Crippen molar-refractivity contribution in [1.29, 1.82) is 0 Å². The number of fused-ring (bicyclic) bond motifs is 1. The molecule has 5 heteroatoms. The molecule has 0 radical (unpaired) electrons. The monoisotopic (exact) mass is 319 g/mol. The summed E-state index contributed by atoms with van der Waals surface area (Å²) in [6, 6.07) is 3.37. The Balaban J connectivity index is 2.92. The lowest BCUT2D eigenvalue weighted by molar-refractivity contribution is -0.383. The van der Waals surface area contributed by atoms with E-state index in [4.69, 9.17) is 0 Å². The number of non-ortho nitro benzene ring substituents is 1. The minimum atomic E-state index is -0.323. The molecule has 72 valence electrons. The minimum Gasteiger partial charge on any atom is -0.258 e. The standard InChI is InChI=1S/C9H6INO2S/c1-5-2-3-7(11(12)13)8-6(10)4-14-9(5)8/h2-4H,1H3. The smallest absolute Gasteiger partial charge is 0.258 e. The molecule has 0 fully saturated rings. The molecule has 2 rings (SSSR count). The molecule has 0 saturated heterocycles. The summed E-state index contributed by atoms with van der Waals surface area (Å²) in [6.45, 7) is 1.97. The van der Waals surface area contributed by atoms with Crippen LogP contribution in [0, 0.1) is 20.6 Å². The van der Waals surface area contributed by atoms with Gasteiger partial charge in [0.15, 0.2) is 0 Å². The second-order valence-corrected chi connectivity index (χ2v) is 4.99. The molecule has 1 aromatic heterocycles. The number of benzene rings is 1. The molecule has 3 nitrogen and oxygen atoms in total. The van der Waals surface area contributed by atoms with E-state index in [0.29, 0.717) is 0 Å². The molecule has 0 spiro atoms. The van der Waals surface area contributed by atoms with Crippen LogP contribution in [-0.2, 0) is 0 Å². The van der Waals surface area contributed by atoms with E-state index in [0.717, 1.165) is 19.2 Å². The van der Waals surface area contributed by atoms with Crippen LogP contribution in [0.1, 0.15) is 5.56 Å². The number of halogens is 1. The highest BCUT2D eigenvalue weighted by molar-refractivity contribution is 14.1. The Morgan fingerprint density at radius 2 is 2.21 bits per heavy atom. The molecule has 0 amide bonds. The lowest BCUT2D eigenvalue weighted by atomic mass is 10.1. The third-order valence-corrected chi connectivity index (χ3v) is 4.44. The molecule has 0 saturated carbocycles. The molecule has 2 aromatic rings. The van der Waals surface area contributed by atoms with E-state index in [1.165, 1.54) is 0 Å². The van der Waals surface area contributed by atoms with Crippen LogP contribution in [-0.4, -0.2) is 4.92 Å². The molecule has 0 bridgehead atoms. The molecule has 0 atom stereocenters. The summed E-state index contributed by atoms with van der Waals surface area (Å²) in [4.78, 5) is 10.5. The third kappa shape index (κ3) is 1.40. The highest BCUT2D eigenvalue weighted by Gasteiger charge is 2.16. The zero-order valence-electron chi connectivity index (χ0n) is 7.28. The number of nitro groups is 1. The number of hydrogen-bond donors (Lipinski definition) is 0. The van der Waals surface area contributed by atoms with E-state index in [-0.39, 0.29) is 10.6 Å². The fourth-order valence-corrected chi connectivity index (χ4v) is 3.42.